The molecule has 1 aliphatic heterocycles. The summed E-state index contributed by atoms with van der Waals surface area (Å²) in [5, 5.41) is 9.66. The van der Waals surface area contributed by atoms with Gasteiger partial charge >= 0.3 is 7.60 Å². The molecule has 1 unspecified atom stereocenters. The third-order valence-electron chi connectivity index (χ3n) is 4.77. The molecule has 3 aromatic rings. The van der Waals surface area contributed by atoms with Crippen LogP contribution in [-0.2, 0) is 13.8 Å². The fourth-order valence-electron chi connectivity index (χ4n) is 3.23. The molecule has 34 heavy (non-hydrogen) atoms. The van der Waals surface area contributed by atoms with Gasteiger partial charge in [-0.3, -0.25) is 4.57 Å². The van der Waals surface area contributed by atoms with Crippen LogP contribution in [0.4, 0.5) is 0 Å². The Balaban J connectivity index is 1.70. The van der Waals surface area contributed by atoms with E-state index in [1.807, 2.05) is 78.9 Å². The van der Waals surface area contributed by atoms with Gasteiger partial charge < -0.3 is 14.2 Å². The third-order valence-corrected chi connectivity index (χ3v) is 7.10. The summed E-state index contributed by atoms with van der Waals surface area (Å²) in [5.74, 6) is 1.43. The summed E-state index contributed by atoms with van der Waals surface area (Å²) >= 11 is 1.30. The van der Waals surface area contributed by atoms with Crippen LogP contribution in [0.15, 0.2) is 89.9 Å². The van der Waals surface area contributed by atoms with Crippen molar-refractivity contribution in [3.63, 3.8) is 0 Å². The molecule has 1 atom stereocenters. The molecular formula is C26H21N2O4PS. The second-order valence-electron chi connectivity index (χ2n) is 7.18. The van der Waals surface area contributed by atoms with Gasteiger partial charge in [0.1, 0.15) is 27.9 Å². The van der Waals surface area contributed by atoms with Gasteiger partial charge in [-0.25, -0.2) is 4.98 Å². The zero-order valence-electron chi connectivity index (χ0n) is 18.3. The minimum atomic E-state index is -4.15. The van der Waals surface area contributed by atoms with E-state index in [-0.39, 0.29) is 11.9 Å². The smallest absolute Gasteiger partial charge is 0.369 e. The molecule has 1 N–H and O–H groups in total. The maximum absolute atomic E-state index is 12.2. The lowest BCUT2D eigenvalue weighted by atomic mass is 10.0. The summed E-state index contributed by atoms with van der Waals surface area (Å²) in [7, 11) is -4.15. The normalized spacial score (nSPS) is 15.4. The van der Waals surface area contributed by atoms with Crippen molar-refractivity contribution in [3.8, 4) is 6.07 Å². The second-order valence-corrected chi connectivity index (χ2v) is 10.1. The molecule has 1 aromatic heterocycles. The van der Waals surface area contributed by atoms with Crippen LogP contribution in [0.5, 0.6) is 0 Å². The van der Waals surface area contributed by atoms with Crippen molar-refractivity contribution < 1.29 is 18.7 Å². The van der Waals surface area contributed by atoms with E-state index in [1.54, 1.807) is 19.2 Å². The Morgan fingerprint density at radius 3 is 2.24 bits per heavy atom. The number of allylic oxidation sites excluding steroid dienone is 4. The number of aromatic nitrogens is 1. The quantitative estimate of drug-likeness (QED) is 0.293. The number of nitrogens with zero attached hydrogens (tertiary/aromatic N) is 2. The highest BCUT2D eigenvalue weighted by atomic mass is 32.1. The molecule has 0 aliphatic carbocycles. The monoisotopic (exact) mass is 488 g/mol. The van der Waals surface area contributed by atoms with Crippen molar-refractivity contribution in [1.29, 1.82) is 5.26 Å². The standard InChI is InChI=1S/C26H21N2O4PS/c1-2-31-33(29,30)22(17-27)16-23-18-28-26(34-23)15-19-13-24(20-9-5-3-6-10-20)32-25(14-19)21-11-7-4-8-12-21/h3-16,18H,2H2,1H3,(H,29,30)/b22-16+. The summed E-state index contributed by atoms with van der Waals surface area (Å²) in [5.41, 5.74) is 2.79. The molecule has 4 rings (SSSR count). The average Bonchev–Trinajstić information content (AvgIpc) is 3.30. The first kappa shape index (κ1) is 23.6. The van der Waals surface area contributed by atoms with Crippen molar-refractivity contribution in [2.75, 3.05) is 6.61 Å². The van der Waals surface area contributed by atoms with Crippen LogP contribution in [-0.4, -0.2) is 16.5 Å². The van der Waals surface area contributed by atoms with Gasteiger partial charge in [0.05, 0.1) is 6.61 Å². The first-order chi connectivity index (χ1) is 16.5. The number of hydrogen-bond acceptors (Lipinski definition) is 6. The van der Waals surface area contributed by atoms with Gasteiger partial charge in [0.2, 0.25) is 0 Å². The van der Waals surface area contributed by atoms with E-state index < -0.39 is 7.60 Å². The molecule has 2 aromatic carbocycles. The largest absolute Gasteiger partial charge is 0.456 e. The van der Waals surface area contributed by atoms with Gasteiger partial charge in [-0.1, -0.05) is 60.7 Å². The summed E-state index contributed by atoms with van der Waals surface area (Å²) in [4.78, 5) is 14.9. The fraction of sp³-hybridized carbons (Fsp3) is 0.0769. The molecule has 0 saturated carbocycles. The van der Waals surface area contributed by atoms with E-state index in [9.17, 15) is 14.7 Å². The molecule has 170 valence electrons. The highest BCUT2D eigenvalue weighted by molar-refractivity contribution is 7.58. The van der Waals surface area contributed by atoms with Gasteiger partial charge in [0.25, 0.3) is 0 Å². The van der Waals surface area contributed by atoms with Crippen molar-refractivity contribution in [3.05, 3.63) is 111 Å². The molecule has 2 heterocycles. The van der Waals surface area contributed by atoms with E-state index >= 15 is 0 Å². The van der Waals surface area contributed by atoms with Gasteiger partial charge in [-0.05, 0) is 36.8 Å². The predicted molar refractivity (Wildman–Crippen MR) is 135 cm³/mol. The van der Waals surface area contributed by atoms with Crippen molar-refractivity contribution in [1.82, 2.24) is 4.98 Å². The maximum atomic E-state index is 12.2. The number of nitriles is 1. The number of thiazole rings is 1. The van der Waals surface area contributed by atoms with Crippen LogP contribution < -0.4 is 0 Å². The fourth-order valence-corrected chi connectivity index (χ4v) is 5.06. The summed E-state index contributed by atoms with van der Waals surface area (Å²) in [6.45, 7) is 1.62. The van der Waals surface area contributed by atoms with Crippen LogP contribution in [0.3, 0.4) is 0 Å². The van der Waals surface area contributed by atoms with E-state index in [0.29, 0.717) is 9.88 Å². The lowest BCUT2D eigenvalue weighted by molar-refractivity contribution is 0.281. The number of ether oxygens (including phenoxy) is 1. The minimum Gasteiger partial charge on any atom is -0.456 e. The summed E-state index contributed by atoms with van der Waals surface area (Å²) < 4.78 is 23.3. The minimum absolute atomic E-state index is 0.0288. The Bertz CT molecular complexity index is 1330. The predicted octanol–water partition coefficient (Wildman–Crippen LogP) is 6.73. The first-order valence-corrected chi connectivity index (χ1v) is 12.9. The Kier molecular flexibility index (Phi) is 7.36. The molecular weight excluding hydrogens is 467 g/mol. The lowest BCUT2D eigenvalue weighted by Crippen LogP contribution is -1.99. The molecule has 0 radical (unpaired) electrons. The van der Waals surface area contributed by atoms with Gasteiger partial charge in [-0.15, -0.1) is 11.3 Å². The van der Waals surface area contributed by atoms with E-state index in [2.05, 4.69) is 4.98 Å². The van der Waals surface area contributed by atoms with Crippen molar-refractivity contribution in [2.24, 2.45) is 0 Å². The molecule has 0 spiro atoms. The zero-order valence-corrected chi connectivity index (χ0v) is 20.0. The highest BCUT2D eigenvalue weighted by Crippen LogP contribution is 2.51. The second kappa shape index (κ2) is 10.6. The van der Waals surface area contributed by atoms with Crippen molar-refractivity contribution >= 4 is 42.6 Å². The molecule has 0 bridgehead atoms. The Morgan fingerprint density at radius 1 is 1.12 bits per heavy atom. The maximum Gasteiger partial charge on any atom is 0.369 e. The summed E-state index contributed by atoms with van der Waals surface area (Å²) in [6.07, 6.45) is 8.69. The molecule has 0 fully saturated rings. The van der Waals surface area contributed by atoms with Gasteiger partial charge in [-0.2, -0.15) is 5.26 Å². The first-order valence-electron chi connectivity index (χ1n) is 10.5. The molecule has 8 heteroatoms. The van der Waals surface area contributed by atoms with Crippen molar-refractivity contribution in [2.45, 2.75) is 6.92 Å². The lowest BCUT2D eigenvalue weighted by Gasteiger charge is -2.19. The number of hydrogen-bond donors (Lipinski definition) is 1. The van der Waals surface area contributed by atoms with Crippen LogP contribution in [0.2, 0.25) is 0 Å². The Morgan fingerprint density at radius 2 is 1.71 bits per heavy atom. The topological polar surface area (TPSA) is 92.4 Å². The average molecular weight is 489 g/mol. The zero-order chi connectivity index (χ0) is 24.0. The molecule has 1 aliphatic rings. The van der Waals surface area contributed by atoms with Crippen LogP contribution in [0.25, 0.3) is 23.7 Å². The summed E-state index contributed by atoms with van der Waals surface area (Å²) in [6, 6.07) is 21.4. The van der Waals surface area contributed by atoms with E-state index in [1.165, 1.54) is 17.4 Å². The Labute approximate surface area is 202 Å². The molecule has 0 amide bonds. The highest BCUT2D eigenvalue weighted by Gasteiger charge is 2.25. The van der Waals surface area contributed by atoms with Crippen LogP contribution >= 0.6 is 18.9 Å². The van der Waals surface area contributed by atoms with Gasteiger partial charge in [0, 0.05) is 22.2 Å². The van der Waals surface area contributed by atoms with Crippen LogP contribution in [0, 0.1) is 11.3 Å². The molecule has 6 nitrogen and oxygen atoms in total. The Hall–Kier alpha value is -3.53. The van der Waals surface area contributed by atoms with Crippen LogP contribution in [0.1, 0.15) is 27.9 Å². The number of benzene rings is 2. The number of rotatable bonds is 7. The molecule has 0 saturated heterocycles. The third kappa shape index (κ3) is 5.69. The SMILES string of the molecule is CCOP(=O)(O)/C(C#N)=C/c1cnc(C=C2C=C(c3ccccc3)OC(c3ccccc3)=C2)s1. The van der Waals surface area contributed by atoms with E-state index in [4.69, 9.17) is 9.26 Å². The van der Waals surface area contributed by atoms with Gasteiger partial charge in [0.15, 0.2) is 0 Å². The van der Waals surface area contributed by atoms with E-state index in [0.717, 1.165) is 28.2 Å².